The topological polar surface area (TPSA) is 65.0 Å². The summed E-state index contributed by atoms with van der Waals surface area (Å²) in [6.45, 7) is 0. The summed E-state index contributed by atoms with van der Waals surface area (Å²) >= 11 is 0. The molecule has 262 valence electrons. The van der Waals surface area contributed by atoms with Crippen molar-refractivity contribution in [2.75, 3.05) is 0 Å². The molecule has 0 aliphatic heterocycles. The van der Waals surface area contributed by atoms with Crippen molar-refractivity contribution in [3.63, 3.8) is 0 Å². The Bertz CT molecular complexity index is 3240. The first-order valence-corrected chi connectivity index (χ1v) is 18.7. The molecule has 0 unspecified atom stereocenters. The summed E-state index contributed by atoms with van der Waals surface area (Å²) in [6.07, 6.45) is 3.67. The largest absolute Gasteiger partial charge is 0.456 e. The van der Waals surface area contributed by atoms with Gasteiger partial charge in [-0.1, -0.05) is 133 Å². The molecule has 11 aromatic rings. The lowest BCUT2D eigenvalue weighted by molar-refractivity contribution is 0.668. The summed E-state index contributed by atoms with van der Waals surface area (Å²) in [6, 6.07) is 60.6. The second-order valence-corrected chi connectivity index (χ2v) is 14.0. The van der Waals surface area contributed by atoms with Crippen LogP contribution in [0, 0.1) is 0 Å². The third-order valence-electron chi connectivity index (χ3n) is 10.6. The van der Waals surface area contributed by atoms with E-state index in [9.17, 15) is 0 Å². The maximum Gasteiger partial charge on any atom is 0.161 e. The fraction of sp³-hybridized carbons (Fsp3) is 0. The van der Waals surface area contributed by atoms with Gasteiger partial charge in [0.1, 0.15) is 22.3 Å². The first-order valence-electron chi connectivity index (χ1n) is 18.7. The Morgan fingerprint density at radius 2 is 0.964 bits per heavy atom. The van der Waals surface area contributed by atoms with Crippen molar-refractivity contribution in [3.8, 4) is 67.3 Å². The maximum atomic E-state index is 6.66. The number of fused-ring (bicyclic) bond motifs is 6. The normalized spacial score (nSPS) is 11.6. The minimum atomic E-state index is 0.660. The van der Waals surface area contributed by atoms with E-state index in [-0.39, 0.29) is 0 Å². The summed E-state index contributed by atoms with van der Waals surface area (Å²) in [5.74, 6) is 0.660. The van der Waals surface area contributed by atoms with Crippen LogP contribution in [0.3, 0.4) is 0 Å². The van der Waals surface area contributed by atoms with E-state index in [4.69, 9.17) is 18.8 Å². The lowest BCUT2D eigenvalue weighted by Gasteiger charge is -2.13. The third kappa shape index (κ3) is 5.37. The number of rotatable bonds is 6. The van der Waals surface area contributed by atoms with Gasteiger partial charge >= 0.3 is 0 Å². The van der Waals surface area contributed by atoms with Crippen molar-refractivity contribution < 1.29 is 8.83 Å². The molecule has 7 aromatic carbocycles. The van der Waals surface area contributed by atoms with Crippen molar-refractivity contribution in [3.05, 3.63) is 188 Å². The van der Waals surface area contributed by atoms with E-state index in [2.05, 4.69) is 114 Å². The highest BCUT2D eigenvalue weighted by Gasteiger charge is 2.19. The summed E-state index contributed by atoms with van der Waals surface area (Å²) < 4.78 is 12.9. The van der Waals surface area contributed by atoms with E-state index in [1.807, 2.05) is 72.9 Å². The number of hydrogen-bond donors (Lipinski definition) is 0. The van der Waals surface area contributed by atoms with Gasteiger partial charge in [0.15, 0.2) is 5.82 Å². The minimum absolute atomic E-state index is 0.660. The van der Waals surface area contributed by atoms with Gasteiger partial charge in [0.05, 0.1) is 11.4 Å². The second-order valence-electron chi connectivity index (χ2n) is 14.0. The smallest absolute Gasteiger partial charge is 0.161 e. The Labute approximate surface area is 322 Å². The number of nitrogens with zero attached hydrogens (tertiary/aromatic N) is 3. The van der Waals surface area contributed by atoms with Crippen LogP contribution < -0.4 is 0 Å². The van der Waals surface area contributed by atoms with Crippen LogP contribution in [-0.4, -0.2) is 15.0 Å². The Balaban J connectivity index is 1.03. The zero-order valence-corrected chi connectivity index (χ0v) is 30.1. The van der Waals surface area contributed by atoms with Gasteiger partial charge < -0.3 is 8.83 Å². The van der Waals surface area contributed by atoms with Crippen molar-refractivity contribution in [2.45, 2.75) is 0 Å². The van der Waals surface area contributed by atoms with Gasteiger partial charge in [0.2, 0.25) is 0 Å². The molecule has 4 heterocycles. The fourth-order valence-electron chi connectivity index (χ4n) is 7.93. The van der Waals surface area contributed by atoms with E-state index in [0.29, 0.717) is 5.82 Å². The van der Waals surface area contributed by atoms with E-state index < -0.39 is 0 Å². The first kappa shape index (κ1) is 31.9. The molecule has 5 nitrogen and oxygen atoms in total. The second kappa shape index (κ2) is 13.0. The van der Waals surface area contributed by atoms with Gasteiger partial charge in [-0.3, -0.25) is 4.98 Å². The van der Waals surface area contributed by atoms with Crippen molar-refractivity contribution in [2.24, 2.45) is 0 Å². The molecule has 0 aliphatic carbocycles. The molecule has 0 aliphatic rings. The van der Waals surface area contributed by atoms with E-state index in [1.54, 1.807) is 6.20 Å². The summed E-state index contributed by atoms with van der Waals surface area (Å²) in [7, 11) is 0. The van der Waals surface area contributed by atoms with Crippen molar-refractivity contribution >= 4 is 43.9 Å². The molecule has 0 amide bonds. The summed E-state index contributed by atoms with van der Waals surface area (Å²) in [4.78, 5) is 14.7. The van der Waals surface area contributed by atoms with Gasteiger partial charge in [-0.2, -0.15) is 0 Å². The molecular formula is C51H31N3O2. The number of furan rings is 2. The van der Waals surface area contributed by atoms with Gasteiger partial charge in [0, 0.05) is 61.8 Å². The Hall–Kier alpha value is -7.63. The predicted octanol–water partition coefficient (Wildman–Crippen LogP) is 13.7. The predicted molar refractivity (Wildman–Crippen MR) is 227 cm³/mol. The van der Waals surface area contributed by atoms with E-state index >= 15 is 0 Å². The van der Waals surface area contributed by atoms with Gasteiger partial charge in [-0.05, 0) is 64.7 Å². The van der Waals surface area contributed by atoms with Crippen LogP contribution in [0.4, 0.5) is 0 Å². The molecule has 0 saturated carbocycles. The minimum Gasteiger partial charge on any atom is -0.456 e. The highest BCUT2D eigenvalue weighted by molar-refractivity contribution is 6.17. The molecule has 0 N–H and O–H groups in total. The van der Waals surface area contributed by atoms with Crippen LogP contribution in [-0.2, 0) is 0 Å². The lowest BCUT2D eigenvalue weighted by Crippen LogP contribution is -1.97. The number of aromatic nitrogens is 3. The fourth-order valence-corrected chi connectivity index (χ4v) is 7.93. The van der Waals surface area contributed by atoms with Gasteiger partial charge in [-0.15, -0.1) is 0 Å². The number of pyridine rings is 1. The molecule has 4 aromatic heterocycles. The van der Waals surface area contributed by atoms with Crippen LogP contribution in [0.25, 0.3) is 111 Å². The maximum absolute atomic E-state index is 6.66. The molecule has 5 heteroatoms. The Kier molecular flexibility index (Phi) is 7.42. The monoisotopic (exact) mass is 717 g/mol. The van der Waals surface area contributed by atoms with Crippen LogP contribution >= 0.6 is 0 Å². The highest BCUT2D eigenvalue weighted by Crippen LogP contribution is 2.43. The highest BCUT2D eigenvalue weighted by atomic mass is 16.3. The molecule has 0 bridgehead atoms. The number of hydrogen-bond acceptors (Lipinski definition) is 5. The Morgan fingerprint density at radius 3 is 1.75 bits per heavy atom. The third-order valence-corrected chi connectivity index (χ3v) is 10.6. The lowest BCUT2D eigenvalue weighted by atomic mass is 9.93. The van der Waals surface area contributed by atoms with Crippen LogP contribution in [0.5, 0.6) is 0 Å². The number of para-hydroxylation sites is 2. The van der Waals surface area contributed by atoms with Gasteiger partial charge in [0.25, 0.3) is 0 Å². The summed E-state index contributed by atoms with van der Waals surface area (Å²) in [5, 5.41) is 4.38. The zero-order chi connectivity index (χ0) is 37.0. The van der Waals surface area contributed by atoms with Gasteiger partial charge in [-0.25, -0.2) is 9.97 Å². The Morgan fingerprint density at radius 1 is 0.357 bits per heavy atom. The van der Waals surface area contributed by atoms with Crippen LogP contribution in [0.2, 0.25) is 0 Å². The molecule has 0 radical (unpaired) electrons. The standard InChI is InChI=1S/C51H31N3O2/c1-2-11-33(12-3-1)44-30-45(54-51(53-44)42-16-5-4-14-37(42)36-13-10-28-52-31-36)34-22-20-32(21-23-34)38-26-27-39(50-49(38)43-17-7-9-19-47(43)56-50)35-24-25-41-40-15-6-8-18-46(40)55-48(41)29-35/h1-31H. The first-order chi connectivity index (χ1) is 27.7. The summed E-state index contributed by atoms with van der Waals surface area (Å²) in [5.41, 5.74) is 14.4. The molecule has 56 heavy (non-hydrogen) atoms. The van der Waals surface area contributed by atoms with Crippen molar-refractivity contribution in [1.82, 2.24) is 15.0 Å². The zero-order valence-electron chi connectivity index (χ0n) is 30.1. The average Bonchev–Trinajstić information content (AvgIpc) is 3.85. The molecule has 0 fully saturated rings. The number of benzene rings is 7. The SMILES string of the molecule is c1ccc(-c2cc(-c3ccc(-c4ccc(-c5ccc6c(c5)oc5ccccc56)c5oc6ccccc6c45)cc3)nc(-c3ccccc3-c3cccnc3)n2)cc1. The molecular weight excluding hydrogens is 687 g/mol. The van der Waals surface area contributed by atoms with E-state index in [1.165, 1.54) is 0 Å². The molecule has 0 saturated heterocycles. The van der Waals surface area contributed by atoms with Crippen LogP contribution in [0.15, 0.2) is 197 Å². The molecule has 11 rings (SSSR count). The van der Waals surface area contributed by atoms with Crippen molar-refractivity contribution in [1.29, 1.82) is 0 Å². The average molecular weight is 718 g/mol. The quantitative estimate of drug-likeness (QED) is 0.171. The van der Waals surface area contributed by atoms with E-state index in [0.717, 1.165) is 105 Å². The van der Waals surface area contributed by atoms with Crippen LogP contribution in [0.1, 0.15) is 0 Å². The molecule has 0 atom stereocenters. The molecule has 0 spiro atoms.